The van der Waals surface area contributed by atoms with Crippen LogP contribution in [-0.2, 0) is 24.3 Å². The molecule has 3 heterocycles. The minimum Gasteiger partial charge on any atom is -0.465 e. The minimum atomic E-state index is -3.55. The van der Waals surface area contributed by atoms with Crippen LogP contribution in [0.15, 0.2) is 29.4 Å². The van der Waals surface area contributed by atoms with Crippen LogP contribution in [0.25, 0.3) is 0 Å². The highest BCUT2D eigenvalue weighted by atomic mass is 32.2. The van der Waals surface area contributed by atoms with Gasteiger partial charge in [0.1, 0.15) is 4.90 Å². The zero-order valence-electron chi connectivity index (χ0n) is 15.9. The first-order chi connectivity index (χ1) is 12.9. The van der Waals surface area contributed by atoms with Crippen molar-refractivity contribution in [2.45, 2.75) is 56.6 Å². The summed E-state index contributed by atoms with van der Waals surface area (Å²) in [5, 5.41) is 0. The van der Waals surface area contributed by atoms with Crippen LogP contribution in [0.1, 0.15) is 39.5 Å². The van der Waals surface area contributed by atoms with Crippen molar-refractivity contribution < 1.29 is 22.7 Å². The van der Waals surface area contributed by atoms with Gasteiger partial charge in [-0.2, -0.15) is 4.31 Å². The molecule has 0 bridgehead atoms. The topological polar surface area (TPSA) is 85.8 Å². The first-order valence-electron chi connectivity index (χ1n) is 9.58. The van der Waals surface area contributed by atoms with Gasteiger partial charge in [-0.25, -0.2) is 8.42 Å². The minimum absolute atomic E-state index is 0.189. The Bertz CT molecular complexity index is 722. The molecule has 0 saturated carbocycles. The normalized spacial score (nSPS) is 28.0. The van der Waals surface area contributed by atoms with Crippen molar-refractivity contribution >= 4 is 16.0 Å². The summed E-state index contributed by atoms with van der Waals surface area (Å²) in [6, 6.07) is 3.15. The fourth-order valence-electron chi connectivity index (χ4n) is 3.98. The van der Waals surface area contributed by atoms with Crippen molar-refractivity contribution in [1.29, 1.82) is 0 Å². The number of nitrogens with zero attached hydrogens (tertiary/aromatic N) is 2. The third-order valence-corrected chi connectivity index (χ3v) is 7.20. The quantitative estimate of drug-likeness (QED) is 0.710. The van der Waals surface area contributed by atoms with Gasteiger partial charge >= 0.3 is 5.97 Å². The molecule has 1 aromatic heterocycles. The van der Waals surface area contributed by atoms with E-state index in [0.717, 1.165) is 12.8 Å². The van der Waals surface area contributed by atoms with Gasteiger partial charge in [-0.15, -0.1) is 0 Å². The summed E-state index contributed by atoms with van der Waals surface area (Å²) in [6.45, 7) is 5.15. The number of carbonyl (C=O) groups is 1. The Morgan fingerprint density at radius 1 is 1.26 bits per heavy atom. The predicted octanol–water partition coefficient (Wildman–Crippen LogP) is 2.23. The molecule has 2 fully saturated rings. The van der Waals surface area contributed by atoms with Gasteiger partial charge in [-0.1, -0.05) is 0 Å². The second-order valence-corrected chi connectivity index (χ2v) is 9.53. The van der Waals surface area contributed by atoms with Gasteiger partial charge in [0, 0.05) is 25.5 Å². The lowest BCUT2D eigenvalue weighted by Gasteiger charge is -2.33. The standard InChI is InChI=1S/C19H28N2O5S/c1-14-10-16(11-15(2)26-14)13-25-19(22)17-5-8-21(9-6-17)27(23,24)18-4-3-7-20-12-18/h3-4,7,12,14-17H,5-6,8-11,13H2,1-2H3/t14-,15+,16?. The first kappa shape index (κ1) is 20.2. The number of piperidine rings is 1. The van der Waals surface area contributed by atoms with Crippen LogP contribution in [0, 0.1) is 11.8 Å². The van der Waals surface area contributed by atoms with Crippen LogP contribution in [-0.4, -0.2) is 55.6 Å². The molecule has 0 radical (unpaired) electrons. The fraction of sp³-hybridized carbons (Fsp3) is 0.684. The summed E-state index contributed by atoms with van der Waals surface area (Å²) in [5.74, 6) is -0.112. The largest absolute Gasteiger partial charge is 0.465 e. The van der Waals surface area contributed by atoms with Crippen molar-refractivity contribution in [1.82, 2.24) is 9.29 Å². The molecule has 0 spiro atoms. The van der Waals surface area contributed by atoms with Crippen LogP contribution >= 0.6 is 0 Å². The smallest absolute Gasteiger partial charge is 0.309 e. The molecule has 150 valence electrons. The maximum Gasteiger partial charge on any atom is 0.309 e. The second kappa shape index (κ2) is 8.67. The van der Waals surface area contributed by atoms with Crippen LogP contribution in [0.2, 0.25) is 0 Å². The zero-order valence-corrected chi connectivity index (χ0v) is 16.7. The van der Waals surface area contributed by atoms with E-state index in [1.54, 1.807) is 18.3 Å². The number of sulfonamides is 1. The van der Waals surface area contributed by atoms with Crippen molar-refractivity contribution in [3.63, 3.8) is 0 Å². The molecular weight excluding hydrogens is 368 g/mol. The van der Waals surface area contributed by atoms with Gasteiger partial charge in [0.25, 0.3) is 0 Å². The highest BCUT2D eigenvalue weighted by Gasteiger charge is 2.33. The molecule has 8 heteroatoms. The van der Waals surface area contributed by atoms with Gasteiger partial charge in [-0.05, 0) is 57.6 Å². The van der Waals surface area contributed by atoms with E-state index in [2.05, 4.69) is 4.98 Å². The van der Waals surface area contributed by atoms with E-state index in [1.807, 2.05) is 13.8 Å². The van der Waals surface area contributed by atoms with Crippen LogP contribution in [0.5, 0.6) is 0 Å². The molecule has 0 aliphatic carbocycles. The van der Waals surface area contributed by atoms with Crippen molar-refractivity contribution in [3.05, 3.63) is 24.5 Å². The van der Waals surface area contributed by atoms with Crippen molar-refractivity contribution in [2.75, 3.05) is 19.7 Å². The predicted molar refractivity (Wildman–Crippen MR) is 99.4 cm³/mol. The summed E-state index contributed by atoms with van der Waals surface area (Å²) in [7, 11) is -3.55. The maximum atomic E-state index is 12.6. The number of rotatable bonds is 5. The van der Waals surface area contributed by atoms with Gasteiger partial charge in [0.05, 0.1) is 24.7 Å². The Kier molecular flexibility index (Phi) is 6.49. The van der Waals surface area contributed by atoms with Crippen molar-refractivity contribution in [3.8, 4) is 0 Å². The van der Waals surface area contributed by atoms with E-state index in [0.29, 0.717) is 38.5 Å². The number of hydrogen-bond donors (Lipinski definition) is 0. The van der Waals surface area contributed by atoms with E-state index < -0.39 is 10.0 Å². The lowest BCUT2D eigenvalue weighted by molar-refractivity contribution is -0.153. The van der Waals surface area contributed by atoms with Crippen LogP contribution in [0.3, 0.4) is 0 Å². The molecular formula is C19H28N2O5S. The first-order valence-corrected chi connectivity index (χ1v) is 11.0. The average Bonchev–Trinajstić information content (AvgIpc) is 2.66. The molecule has 2 aliphatic heterocycles. The fourth-order valence-corrected chi connectivity index (χ4v) is 5.41. The molecule has 7 nitrogen and oxygen atoms in total. The molecule has 1 unspecified atom stereocenters. The number of carbonyl (C=O) groups excluding carboxylic acids is 1. The Balaban J connectivity index is 1.48. The molecule has 27 heavy (non-hydrogen) atoms. The summed E-state index contributed by atoms with van der Waals surface area (Å²) < 4.78 is 37.9. The SMILES string of the molecule is C[C@@H]1CC(COC(=O)C2CCN(S(=O)(=O)c3cccnc3)CC2)C[C@H](C)O1. The lowest BCUT2D eigenvalue weighted by atomic mass is 9.93. The molecule has 2 aliphatic rings. The zero-order chi connectivity index (χ0) is 19.4. The molecule has 2 saturated heterocycles. The van der Waals surface area contributed by atoms with Crippen LogP contribution < -0.4 is 0 Å². The molecule has 0 N–H and O–H groups in total. The second-order valence-electron chi connectivity index (χ2n) is 7.59. The molecule has 1 aromatic rings. The number of aromatic nitrogens is 1. The lowest BCUT2D eigenvalue weighted by Crippen LogP contribution is -2.41. The van der Waals surface area contributed by atoms with Gasteiger partial charge < -0.3 is 9.47 Å². The van der Waals surface area contributed by atoms with Gasteiger partial charge in [0.15, 0.2) is 0 Å². The number of ether oxygens (including phenoxy) is 2. The highest BCUT2D eigenvalue weighted by molar-refractivity contribution is 7.89. The van der Waals surface area contributed by atoms with E-state index >= 15 is 0 Å². The number of hydrogen-bond acceptors (Lipinski definition) is 6. The Morgan fingerprint density at radius 2 is 1.93 bits per heavy atom. The average molecular weight is 397 g/mol. The highest BCUT2D eigenvalue weighted by Crippen LogP contribution is 2.27. The maximum absolute atomic E-state index is 12.6. The monoisotopic (exact) mass is 396 g/mol. The molecule has 3 rings (SSSR count). The summed E-state index contributed by atoms with van der Waals surface area (Å²) >= 11 is 0. The van der Waals surface area contributed by atoms with Gasteiger partial charge in [0.2, 0.25) is 10.0 Å². The third kappa shape index (κ3) is 5.06. The Morgan fingerprint density at radius 3 is 2.52 bits per heavy atom. The summed E-state index contributed by atoms with van der Waals surface area (Å²) in [6.07, 6.45) is 6.06. The van der Waals surface area contributed by atoms with E-state index in [1.165, 1.54) is 10.5 Å². The Labute approximate surface area is 161 Å². The van der Waals surface area contributed by atoms with E-state index in [4.69, 9.17) is 9.47 Å². The third-order valence-electron chi connectivity index (χ3n) is 5.32. The summed E-state index contributed by atoms with van der Waals surface area (Å²) in [4.78, 5) is 16.5. The van der Waals surface area contributed by atoms with Crippen molar-refractivity contribution in [2.24, 2.45) is 11.8 Å². The van der Waals surface area contributed by atoms with E-state index in [9.17, 15) is 13.2 Å². The molecule has 3 atom stereocenters. The Hall–Kier alpha value is -1.51. The number of pyridine rings is 1. The summed E-state index contributed by atoms with van der Waals surface area (Å²) in [5.41, 5.74) is 0. The number of esters is 1. The van der Waals surface area contributed by atoms with E-state index in [-0.39, 0.29) is 29.0 Å². The molecule has 0 aromatic carbocycles. The molecule has 0 amide bonds. The van der Waals surface area contributed by atoms with Crippen LogP contribution in [0.4, 0.5) is 0 Å². The van der Waals surface area contributed by atoms with Gasteiger partial charge in [-0.3, -0.25) is 9.78 Å².